The maximum absolute atomic E-state index is 12.7. The number of rotatable bonds is 19. The highest BCUT2D eigenvalue weighted by molar-refractivity contribution is 5.73. The first-order valence-electron chi connectivity index (χ1n) is 13.8. The summed E-state index contributed by atoms with van der Waals surface area (Å²) in [6, 6.07) is 0. The van der Waals surface area contributed by atoms with Crippen molar-refractivity contribution in [2.45, 2.75) is 65.2 Å². The zero-order chi connectivity index (χ0) is 27.9. The van der Waals surface area contributed by atoms with Gasteiger partial charge in [-0.1, -0.05) is 13.8 Å². The molecule has 38 heavy (non-hydrogen) atoms. The molecule has 2 N–H and O–H groups in total. The number of nitrogens with zero attached hydrogens (tertiary/aromatic N) is 4. The molecule has 0 aliphatic heterocycles. The Morgan fingerprint density at radius 3 is 1.45 bits per heavy atom. The predicted molar refractivity (Wildman–Crippen MR) is 143 cm³/mol. The molecule has 0 amide bonds. The van der Waals surface area contributed by atoms with Crippen molar-refractivity contribution in [3.8, 4) is 0 Å². The molecule has 0 aromatic carbocycles. The number of aromatic nitrogens is 4. The highest BCUT2D eigenvalue weighted by Crippen LogP contribution is 2.23. The number of carbonyl (C=O) groups excluding carboxylic acids is 2. The summed E-state index contributed by atoms with van der Waals surface area (Å²) in [6.45, 7) is 4.37. The monoisotopic (exact) mass is 534 g/mol. The van der Waals surface area contributed by atoms with Crippen LogP contribution >= 0.6 is 0 Å². The molecule has 4 atom stereocenters. The van der Waals surface area contributed by atoms with E-state index in [9.17, 15) is 19.8 Å². The largest absolute Gasteiger partial charge is 0.465 e. The van der Waals surface area contributed by atoms with E-state index in [4.69, 9.17) is 9.47 Å². The minimum atomic E-state index is -0.360. The van der Waals surface area contributed by atoms with Crippen LogP contribution in [0.3, 0.4) is 0 Å². The third-order valence-electron chi connectivity index (χ3n) is 7.40. The molecule has 0 spiro atoms. The van der Waals surface area contributed by atoms with Gasteiger partial charge in [0.1, 0.15) is 0 Å². The van der Waals surface area contributed by atoms with Crippen LogP contribution in [0, 0.1) is 23.7 Å². The number of hydrogen-bond acceptors (Lipinski definition) is 8. The third-order valence-corrected chi connectivity index (χ3v) is 7.40. The first kappa shape index (κ1) is 31.5. The molecular weight excluding hydrogens is 488 g/mol. The molecule has 0 saturated carbocycles. The van der Waals surface area contributed by atoms with E-state index in [1.807, 2.05) is 37.1 Å². The highest BCUT2D eigenvalue weighted by Gasteiger charge is 2.29. The molecule has 214 valence electrons. The summed E-state index contributed by atoms with van der Waals surface area (Å²) in [7, 11) is 3.80. The first-order valence-corrected chi connectivity index (χ1v) is 13.8. The Morgan fingerprint density at radius 1 is 0.763 bits per heavy atom. The van der Waals surface area contributed by atoms with Gasteiger partial charge in [-0.3, -0.25) is 9.59 Å². The number of aliphatic hydroxyl groups is 2. The molecule has 4 unspecified atom stereocenters. The molecule has 10 heteroatoms. The third kappa shape index (κ3) is 9.54. The van der Waals surface area contributed by atoms with Gasteiger partial charge in [-0.05, 0) is 51.4 Å². The molecule has 2 heterocycles. The second kappa shape index (κ2) is 17.0. The lowest BCUT2D eigenvalue weighted by Crippen LogP contribution is -2.30. The fourth-order valence-corrected chi connectivity index (χ4v) is 4.87. The number of aliphatic hydroxyl groups excluding tert-OH is 2. The number of ether oxygens (including phenoxy) is 2. The smallest absolute Gasteiger partial charge is 0.309 e. The summed E-state index contributed by atoms with van der Waals surface area (Å²) in [4.78, 5) is 33.5. The molecule has 2 aromatic heterocycles. The van der Waals surface area contributed by atoms with Crippen LogP contribution in [0.15, 0.2) is 25.0 Å². The Labute approximate surface area is 226 Å². The van der Waals surface area contributed by atoms with Gasteiger partial charge in [0.25, 0.3) is 0 Å². The molecule has 0 aliphatic rings. The second-order valence-corrected chi connectivity index (χ2v) is 10.1. The predicted octanol–water partition coefficient (Wildman–Crippen LogP) is 2.86. The average molecular weight is 535 g/mol. The number of carbonyl (C=O) groups is 2. The average Bonchev–Trinajstić information content (AvgIpc) is 3.51. The topological polar surface area (TPSA) is 129 Å². The van der Waals surface area contributed by atoms with Crippen LogP contribution in [-0.2, 0) is 46.0 Å². The number of hydrogen-bond donors (Lipinski definition) is 2. The van der Waals surface area contributed by atoms with Crippen molar-refractivity contribution < 1.29 is 29.3 Å². The summed E-state index contributed by atoms with van der Waals surface area (Å²) >= 11 is 0. The summed E-state index contributed by atoms with van der Waals surface area (Å²) < 4.78 is 14.8. The van der Waals surface area contributed by atoms with Crippen molar-refractivity contribution >= 4 is 11.9 Å². The Bertz CT molecular complexity index is 883. The first-order chi connectivity index (χ1) is 18.4. The second-order valence-electron chi connectivity index (χ2n) is 10.1. The van der Waals surface area contributed by atoms with Crippen molar-refractivity contribution in [2.24, 2.45) is 37.8 Å². The molecule has 2 rings (SSSR count). The lowest BCUT2D eigenvalue weighted by atomic mass is 9.87. The Hall–Kier alpha value is -2.72. The van der Waals surface area contributed by atoms with Crippen LogP contribution in [0.1, 0.15) is 63.8 Å². The van der Waals surface area contributed by atoms with E-state index in [1.54, 1.807) is 25.0 Å². The van der Waals surface area contributed by atoms with Gasteiger partial charge in [-0.2, -0.15) is 0 Å². The van der Waals surface area contributed by atoms with Crippen molar-refractivity contribution in [1.82, 2.24) is 19.1 Å². The lowest BCUT2D eigenvalue weighted by molar-refractivity contribution is -0.152. The molecule has 10 nitrogen and oxygen atoms in total. The van der Waals surface area contributed by atoms with Crippen molar-refractivity contribution in [3.05, 3.63) is 36.4 Å². The molecule has 0 bridgehead atoms. The van der Waals surface area contributed by atoms with Gasteiger partial charge in [0, 0.05) is 62.9 Å². The standard InChI is InChI=1S/C28H46N4O6/c1-5-25(21(17-33)13-23-15-29-19-31(23)3)27(35)37-11-9-7-8-10-12-38-28(36)26(6-2)22(18-34)14-24-16-30-20-32(24)4/h15-16,19-22,25-26,33-34H,5-14,17-18H2,1-4H3. The van der Waals surface area contributed by atoms with Crippen LogP contribution in [0.25, 0.3) is 0 Å². The molecule has 0 saturated heterocycles. The quantitative estimate of drug-likeness (QED) is 0.208. The van der Waals surface area contributed by atoms with E-state index in [-0.39, 0.29) is 48.8 Å². The summed E-state index contributed by atoms with van der Waals surface area (Å²) in [5.74, 6) is -1.67. The van der Waals surface area contributed by atoms with E-state index in [0.29, 0.717) is 38.9 Å². The lowest BCUT2D eigenvalue weighted by Gasteiger charge is -2.23. The number of esters is 2. The van der Waals surface area contributed by atoms with E-state index in [1.165, 1.54) is 0 Å². The summed E-state index contributed by atoms with van der Waals surface area (Å²) in [6.07, 6.45) is 12.5. The van der Waals surface area contributed by atoms with Crippen LogP contribution in [0.5, 0.6) is 0 Å². The van der Waals surface area contributed by atoms with E-state index >= 15 is 0 Å². The Morgan fingerprint density at radius 2 is 1.16 bits per heavy atom. The zero-order valence-corrected chi connectivity index (χ0v) is 23.4. The SMILES string of the molecule is CCC(C(=O)OCCCCCCOC(=O)C(CC)C(CO)Cc1cncn1C)C(CO)Cc1cncn1C. The Kier molecular flexibility index (Phi) is 14.1. The number of aryl methyl sites for hydroxylation is 2. The van der Waals surface area contributed by atoms with E-state index in [2.05, 4.69) is 9.97 Å². The molecule has 0 aliphatic carbocycles. The number of unbranched alkanes of at least 4 members (excludes halogenated alkanes) is 3. The normalized spacial score (nSPS) is 14.6. The molecule has 0 fully saturated rings. The maximum Gasteiger partial charge on any atom is 0.309 e. The van der Waals surface area contributed by atoms with Crippen LogP contribution in [-0.4, -0.2) is 67.7 Å². The van der Waals surface area contributed by atoms with Gasteiger partial charge in [-0.25, -0.2) is 9.97 Å². The minimum Gasteiger partial charge on any atom is -0.465 e. The van der Waals surface area contributed by atoms with Crippen LogP contribution < -0.4 is 0 Å². The van der Waals surface area contributed by atoms with Crippen molar-refractivity contribution in [2.75, 3.05) is 26.4 Å². The van der Waals surface area contributed by atoms with Crippen molar-refractivity contribution in [1.29, 1.82) is 0 Å². The van der Waals surface area contributed by atoms with Gasteiger partial charge in [-0.15, -0.1) is 0 Å². The van der Waals surface area contributed by atoms with Gasteiger partial charge in [0.15, 0.2) is 0 Å². The van der Waals surface area contributed by atoms with E-state index < -0.39 is 0 Å². The fraction of sp³-hybridized carbons (Fsp3) is 0.714. The minimum absolute atomic E-state index is 0.0846. The van der Waals surface area contributed by atoms with Gasteiger partial charge in [0.05, 0.1) is 37.7 Å². The van der Waals surface area contributed by atoms with Crippen LogP contribution in [0.4, 0.5) is 0 Å². The van der Waals surface area contributed by atoms with Crippen molar-refractivity contribution in [3.63, 3.8) is 0 Å². The maximum atomic E-state index is 12.7. The van der Waals surface area contributed by atoms with Crippen LogP contribution in [0.2, 0.25) is 0 Å². The van der Waals surface area contributed by atoms with Gasteiger partial charge in [0.2, 0.25) is 0 Å². The van der Waals surface area contributed by atoms with E-state index in [0.717, 1.165) is 37.1 Å². The summed E-state index contributed by atoms with van der Waals surface area (Å²) in [5, 5.41) is 19.7. The van der Waals surface area contributed by atoms with Gasteiger partial charge < -0.3 is 28.8 Å². The molecular formula is C28H46N4O6. The molecule has 2 aromatic rings. The fourth-order valence-electron chi connectivity index (χ4n) is 4.87. The summed E-state index contributed by atoms with van der Waals surface area (Å²) in [5.41, 5.74) is 1.95. The van der Waals surface area contributed by atoms with Gasteiger partial charge >= 0.3 is 11.9 Å². The number of imidazole rings is 2. The Balaban J connectivity index is 1.64. The molecule has 0 radical (unpaired) electrons. The zero-order valence-electron chi connectivity index (χ0n) is 23.4. The highest BCUT2D eigenvalue weighted by atomic mass is 16.5.